The van der Waals surface area contributed by atoms with E-state index in [-0.39, 0.29) is 48.2 Å². The van der Waals surface area contributed by atoms with Crippen LogP contribution in [0.5, 0.6) is 0 Å². The third-order valence-electron chi connectivity index (χ3n) is 4.29. The van der Waals surface area contributed by atoms with Crippen LogP contribution in [0.25, 0.3) is 0 Å². The first kappa shape index (κ1) is 15.7. The summed E-state index contributed by atoms with van der Waals surface area (Å²) in [5, 5.41) is 0. The van der Waals surface area contributed by atoms with Crippen LogP contribution in [-0.4, -0.2) is 46.1 Å². The van der Waals surface area contributed by atoms with Crippen molar-refractivity contribution in [1.82, 2.24) is 9.80 Å². The Morgan fingerprint density at radius 1 is 1.10 bits per heavy atom. The van der Waals surface area contributed by atoms with Crippen LogP contribution in [0.15, 0.2) is 12.2 Å². The van der Waals surface area contributed by atoms with Crippen molar-refractivity contribution in [2.24, 2.45) is 11.8 Å². The van der Waals surface area contributed by atoms with Crippen molar-refractivity contribution in [1.29, 1.82) is 0 Å². The van der Waals surface area contributed by atoms with Crippen molar-refractivity contribution >= 4 is 17.7 Å². The number of carbonyl (C=O) groups excluding carboxylic acids is 3. The van der Waals surface area contributed by atoms with Crippen LogP contribution in [0, 0.1) is 11.8 Å². The van der Waals surface area contributed by atoms with Gasteiger partial charge in [-0.2, -0.15) is 0 Å². The maximum atomic E-state index is 12.4. The number of imide groups is 1. The first-order chi connectivity index (χ1) is 9.84. The SMILES string of the molecule is CC(C)N(C(=O)CN1C(=O)[C@@H]2CC=CC[C@H]2C1=O)C(C)C. The largest absolute Gasteiger partial charge is 0.336 e. The molecule has 2 rings (SSSR count). The number of allylic oxidation sites excluding steroid dienone is 2. The van der Waals surface area contributed by atoms with Gasteiger partial charge in [-0.15, -0.1) is 0 Å². The molecular formula is C16H24N2O3. The fourth-order valence-electron chi connectivity index (χ4n) is 3.41. The van der Waals surface area contributed by atoms with E-state index in [0.717, 1.165) is 0 Å². The third kappa shape index (κ3) is 2.87. The van der Waals surface area contributed by atoms with Gasteiger partial charge in [-0.25, -0.2) is 0 Å². The normalized spacial score (nSPS) is 25.0. The third-order valence-corrected chi connectivity index (χ3v) is 4.29. The van der Waals surface area contributed by atoms with E-state index in [9.17, 15) is 14.4 Å². The van der Waals surface area contributed by atoms with Crippen LogP contribution in [0.1, 0.15) is 40.5 Å². The molecule has 116 valence electrons. The first-order valence-electron chi connectivity index (χ1n) is 7.66. The second kappa shape index (κ2) is 6.00. The van der Waals surface area contributed by atoms with Gasteiger partial charge in [-0.1, -0.05) is 12.2 Å². The fourth-order valence-corrected chi connectivity index (χ4v) is 3.41. The van der Waals surface area contributed by atoms with Crippen LogP contribution >= 0.6 is 0 Å². The second-order valence-electron chi connectivity index (χ2n) is 6.41. The number of likely N-dealkylation sites (tertiary alicyclic amines) is 1. The van der Waals surface area contributed by atoms with Crippen molar-refractivity contribution in [3.05, 3.63) is 12.2 Å². The predicted octanol–water partition coefficient (Wildman–Crippen LogP) is 1.58. The van der Waals surface area contributed by atoms with Crippen LogP contribution in [0.2, 0.25) is 0 Å². The summed E-state index contributed by atoms with van der Waals surface area (Å²) in [5.74, 6) is -1.05. The number of hydrogen-bond acceptors (Lipinski definition) is 3. The minimum Gasteiger partial charge on any atom is -0.336 e. The summed E-state index contributed by atoms with van der Waals surface area (Å²) in [4.78, 5) is 40.0. The molecular weight excluding hydrogens is 268 g/mol. The molecule has 2 atom stereocenters. The molecule has 0 radical (unpaired) electrons. The molecule has 2 aliphatic rings. The lowest BCUT2D eigenvalue weighted by molar-refractivity contribution is -0.148. The number of amides is 3. The molecule has 0 aromatic rings. The van der Waals surface area contributed by atoms with Gasteiger partial charge in [0.05, 0.1) is 11.8 Å². The first-order valence-corrected chi connectivity index (χ1v) is 7.66. The monoisotopic (exact) mass is 292 g/mol. The van der Waals surface area contributed by atoms with Crippen LogP contribution in [-0.2, 0) is 14.4 Å². The van der Waals surface area contributed by atoms with Gasteiger partial charge in [0.2, 0.25) is 17.7 Å². The summed E-state index contributed by atoms with van der Waals surface area (Å²) in [6, 6.07) is 0.100. The van der Waals surface area contributed by atoms with Gasteiger partial charge in [0.15, 0.2) is 0 Å². The summed E-state index contributed by atoms with van der Waals surface area (Å²) in [6.45, 7) is 7.63. The van der Waals surface area contributed by atoms with Crippen molar-refractivity contribution in [3.63, 3.8) is 0 Å². The Labute approximate surface area is 126 Å². The number of fused-ring (bicyclic) bond motifs is 1. The van der Waals surface area contributed by atoms with E-state index in [1.165, 1.54) is 4.90 Å². The average Bonchev–Trinajstić information content (AvgIpc) is 2.64. The van der Waals surface area contributed by atoms with Crippen molar-refractivity contribution in [3.8, 4) is 0 Å². The standard InChI is InChI=1S/C16H24N2O3/c1-10(2)18(11(3)4)14(19)9-17-15(20)12-7-5-6-8-13(12)16(17)21/h5-6,10-13H,7-9H2,1-4H3/t12-,13-/m1/s1. The molecule has 1 fully saturated rings. The molecule has 0 spiro atoms. The minimum absolute atomic E-state index is 0.0502. The Bertz CT molecular complexity index is 448. The van der Waals surface area contributed by atoms with Crippen LogP contribution < -0.4 is 0 Å². The van der Waals surface area contributed by atoms with E-state index < -0.39 is 0 Å². The highest BCUT2D eigenvalue weighted by atomic mass is 16.2. The lowest BCUT2D eigenvalue weighted by Crippen LogP contribution is -2.48. The van der Waals surface area contributed by atoms with Gasteiger partial charge >= 0.3 is 0 Å². The molecule has 5 nitrogen and oxygen atoms in total. The zero-order valence-corrected chi connectivity index (χ0v) is 13.2. The maximum absolute atomic E-state index is 12.4. The molecule has 3 amide bonds. The molecule has 0 unspecified atom stereocenters. The zero-order valence-electron chi connectivity index (χ0n) is 13.2. The van der Waals surface area contributed by atoms with Crippen molar-refractivity contribution in [2.45, 2.75) is 52.6 Å². The Hall–Kier alpha value is -1.65. The Morgan fingerprint density at radius 3 is 1.90 bits per heavy atom. The highest BCUT2D eigenvalue weighted by Crippen LogP contribution is 2.34. The molecule has 1 saturated heterocycles. The number of nitrogens with zero attached hydrogens (tertiary/aromatic N) is 2. The fraction of sp³-hybridized carbons (Fsp3) is 0.688. The van der Waals surface area contributed by atoms with E-state index in [2.05, 4.69) is 0 Å². The minimum atomic E-state index is -0.262. The maximum Gasteiger partial charge on any atom is 0.243 e. The highest BCUT2D eigenvalue weighted by molar-refractivity contribution is 6.07. The van der Waals surface area contributed by atoms with Gasteiger partial charge in [0, 0.05) is 12.1 Å². The Morgan fingerprint density at radius 2 is 1.52 bits per heavy atom. The topological polar surface area (TPSA) is 57.7 Å². The smallest absolute Gasteiger partial charge is 0.243 e. The lowest BCUT2D eigenvalue weighted by Gasteiger charge is -2.32. The Balaban J connectivity index is 2.11. The molecule has 1 aliphatic heterocycles. The van der Waals surface area contributed by atoms with E-state index in [4.69, 9.17) is 0 Å². The highest BCUT2D eigenvalue weighted by Gasteiger charge is 2.48. The van der Waals surface area contributed by atoms with Crippen molar-refractivity contribution < 1.29 is 14.4 Å². The number of hydrogen-bond donors (Lipinski definition) is 0. The van der Waals surface area contributed by atoms with E-state index in [1.54, 1.807) is 4.90 Å². The molecule has 0 bridgehead atoms. The van der Waals surface area contributed by atoms with Gasteiger partial charge < -0.3 is 4.90 Å². The number of carbonyl (C=O) groups is 3. The summed E-state index contributed by atoms with van der Waals surface area (Å²) < 4.78 is 0. The summed E-state index contributed by atoms with van der Waals surface area (Å²) in [6.07, 6.45) is 5.12. The molecule has 0 aromatic heterocycles. The van der Waals surface area contributed by atoms with Crippen LogP contribution in [0.4, 0.5) is 0 Å². The molecule has 0 N–H and O–H groups in total. The lowest BCUT2D eigenvalue weighted by atomic mass is 9.85. The van der Waals surface area contributed by atoms with Gasteiger partial charge in [-0.05, 0) is 40.5 Å². The van der Waals surface area contributed by atoms with Crippen molar-refractivity contribution in [2.75, 3.05) is 6.54 Å². The van der Waals surface area contributed by atoms with Gasteiger partial charge in [0.1, 0.15) is 6.54 Å². The summed E-state index contributed by atoms with van der Waals surface area (Å²) in [5.41, 5.74) is 0. The summed E-state index contributed by atoms with van der Waals surface area (Å²) >= 11 is 0. The summed E-state index contributed by atoms with van der Waals surface area (Å²) in [7, 11) is 0. The molecule has 0 saturated carbocycles. The molecule has 1 aliphatic carbocycles. The molecule has 1 heterocycles. The van der Waals surface area contributed by atoms with Gasteiger partial charge in [-0.3, -0.25) is 19.3 Å². The number of rotatable bonds is 4. The van der Waals surface area contributed by atoms with Crippen LogP contribution in [0.3, 0.4) is 0 Å². The van der Waals surface area contributed by atoms with E-state index in [1.807, 2.05) is 39.8 Å². The van der Waals surface area contributed by atoms with Gasteiger partial charge in [0.25, 0.3) is 0 Å². The molecule has 5 heteroatoms. The van der Waals surface area contributed by atoms with E-state index in [0.29, 0.717) is 12.8 Å². The average molecular weight is 292 g/mol. The zero-order chi connectivity index (χ0) is 15.7. The predicted molar refractivity (Wildman–Crippen MR) is 79.2 cm³/mol. The quantitative estimate of drug-likeness (QED) is 0.584. The molecule has 0 aromatic carbocycles. The van der Waals surface area contributed by atoms with E-state index >= 15 is 0 Å². The molecule has 21 heavy (non-hydrogen) atoms. The second-order valence-corrected chi connectivity index (χ2v) is 6.41. The Kier molecular flexibility index (Phi) is 4.49.